The maximum atomic E-state index is 4.00. The van der Waals surface area contributed by atoms with Crippen molar-refractivity contribution in [3.8, 4) is 0 Å². The zero-order chi connectivity index (χ0) is 6.97. The number of hydrogen-bond donors (Lipinski definition) is 0. The van der Waals surface area contributed by atoms with Crippen LogP contribution in [-0.4, -0.2) is 44.3 Å². The number of aliphatic imine (C=N–C) groups is 4. The molecule has 2 aliphatic rings. The molecule has 2 heterocycles. The second-order valence-electron chi connectivity index (χ2n) is 1.74. The Bertz CT molecular complexity index is 310. The van der Waals surface area contributed by atoms with Crippen molar-refractivity contribution in [2.45, 2.75) is 0 Å². The molecule has 0 N–H and O–H groups in total. The number of fused-ring (bicyclic) bond motifs is 1. The van der Waals surface area contributed by atoms with E-state index in [-0.39, 0.29) is 0 Å². The van der Waals surface area contributed by atoms with Gasteiger partial charge in [0.25, 0.3) is 0 Å². The van der Waals surface area contributed by atoms with Crippen LogP contribution in [0.25, 0.3) is 0 Å². The molecule has 0 saturated carbocycles. The Labute approximate surface area is 64.9 Å². The number of nitrogens with zero attached hydrogens (tertiary/aromatic N) is 4. The Morgan fingerprint density at radius 2 is 2.20 bits per heavy atom. The van der Waals surface area contributed by atoms with Gasteiger partial charge < -0.3 is 0 Å². The van der Waals surface area contributed by atoms with Gasteiger partial charge in [0, 0.05) is 0 Å². The van der Waals surface area contributed by atoms with Crippen molar-refractivity contribution < 1.29 is 0 Å². The number of amidine groups is 1. The van der Waals surface area contributed by atoms with Gasteiger partial charge in [-0.25, -0.2) is 0 Å². The van der Waals surface area contributed by atoms with Gasteiger partial charge in [-0.1, -0.05) is 0 Å². The molecule has 0 bridgehead atoms. The molecular weight excluding hydrogens is 195 g/mol. The van der Waals surface area contributed by atoms with E-state index in [0.29, 0.717) is 10.5 Å². The molecule has 0 atom stereocenters. The quantitative estimate of drug-likeness (QED) is 0.457. The molecule has 0 saturated heterocycles. The Hall–Kier alpha value is -0.931. The van der Waals surface area contributed by atoms with Gasteiger partial charge in [-0.05, 0) is 0 Å². The Kier molecular flexibility index (Phi) is 1.19. The maximum absolute atomic E-state index is 4.00. The number of hydrogen-bond acceptors (Lipinski definition) is 4. The minimum absolute atomic E-state index is 0.605. The summed E-state index contributed by atoms with van der Waals surface area (Å²) in [4.78, 5) is 15.7. The summed E-state index contributed by atoms with van der Waals surface area (Å²) in [6, 6.07) is 0. The zero-order valence-electron chi connectivity index (χ0n) is 4.85. The Balaban J connectivity index is 2.51. The molecule has 48 valence electrons. The third-order valence-electron chi connectivity index (χ3n) is 1.10. The Morgan fingerprint density at radius 3 is 3.10 bits per heavy atom. The molecule has 0 spiro atoms. The third-order valence-corrected chi connectivity index (χ3v) is 1.52. The van der Waals surface area contributed by atoms with E-state index in [1.165, 1.54) is 6.34 Å². The Morgan fingerprint density at radius 1 is 1.30 bits per heavy atom. The van der Waals surface area contributed by atoms with Crippen LogP contribution in [0, 0.1) is 0 Å². The first-order valence-electron chi connectivity index (χ1n) is 2.64. The molecule has 5 heteroatoms. The van der Waals surface area contributed by atoms with Crippen LogP contribution in [0.5, 0.6) is 0 Å². The summed E-state index contributed by atoms with van der Waals surface area (Å²) in [6.45, 7) is 0. The van der Waals surface area contributed by atoms with E-state index in [4.69, 9.17) is 0 Å². The summed E-state index contributed by atoms with van der Waals surface area (Å²) in [6.07, 6.45) is 3.11. The second-order valence-corrected chi connectivity index (χ2v) is 2.50. The summed E-state index contributed by atoms with van der Waals surface area (Å²) in [5, 5.41) is 0. The van der Waals surface area contributed by atoms with E-state index in [1.54, 1.807) is 6.21 Å². The van der Waals surface area contributed by atoms with Gasteiger partial charge in [0.2, 0.25) is 0 Å². The summed E-state index contributed by atoms with van der Waals surface area (Å²) in [5.74, 6) is 0.642. The van der Waals surface area contributed by atoms with Crippen LogP contribution in [0.1, 0.15) is 0 Å². The average molecular weight is 197 g/mol. The van der Waals surface area contributed by atoms with E-state index in [0.717, 1.165) is 5.71 Å². The molecule has 4 nitrogen and oxygen atoms in total. The molecular formula is C5H2N4Se. The number of rotatable bonds is 0. The summed E-state index contributed by atoms with van der Waals surface area (Å²) in [5.41, 5.74) is 0.735. The molecule has 0 amide bonds. The van der Waals surface area contributed by atoms with Gasteiger partial charge in [0.15, 0.2) is 0 Å². The van der Waals surface area contributed by atoms with Gasteiger partial charge in [-0.2, -0.15) is 0 Å². The average Bonchev–Trinajstić information content (AvgIpc) is 2.33. The fourth-order valence-electron chi connectivity index (χ4n) is 0.683. The van der Waals surface area contributed by atoms with E-state index < -0.39 is 0 Å². The summed E-state index contributed by atoms with van der Waals surface area (Å²) < 4.78 is 0.605. The first-order chi connectivity index (χ1) is 4.86. The molecule has 0 aliphatic carbocycles. The van der Waals surface area contributed by atoms with Crippen molar-refractivity contribution in [1.29, 1.82) is 0 Å². The second kappa shape index (κ2) is 2.04. The molecule has 0 radical (unpaired) electrons. The van der Waals surface area contributed by atoms with Crippen LogP contribution < -0.4 is 0 Å². The van der Waals surface area contributed by atoms with Gasteiger partial charge in [-0.15, -0.1) is 0 Å². The van der Waals surface area contributed by atoms with Crippen LogP contribution in [0.3, 0.4) is 0 Å². The van der Waals surface area contributed by atoms with E-state index >= 15 is 0 Å². The van der Waals surface area contributed by atoms with Crippen molar-refractivity contribution in [2.24, 2.45) is 20.0 Å². The standard InChI is InChI=1S/C5H2N4Se/c10-5-6-1-3-4(9-5)8-2-7-3/h1-2H. The predicted octanol–water partition coefficient (Wildman–Crippen LogP) is -0.792. The molecule has 0 aromatic rings. The van der Waals surface area contributed by atoms with Gasteiger partial charge in [0.05, 0.1) is 0 Å². The molecule has 0 fully saturated rings. The molecule has 0 aromatic heterocycles. The van der Waals surface area contributed by atoms with Gasteiger partial charge in [0.1, 0.15) is 0 Å². The van der Waals surface area contributed by atoms with Crippen LogP contribution >= 0.6 is 0 Å². The van der Waals surface area contributed by atoms with Gasteiger partial charge in [-0.3, -0.25) is 0 Å². The normalized spacial score (nSPS) is 20.6. The van der Waals surface area contributed by atoms with E-state index in [1.807, 2.05) is 0 Å². The predicted molar refractivity (Wildman–Crippen MR) is 42.6 cm³/mol. The first kappa shape index (κ1) is 5.82. The topological polar surface area (TPSA) is 49.4 Å². The first-order valence-corrected chi connectivity index (χ1v) is 3.49. The summed E-state index contributed by atoms with van der Waals surface area (Å²) >= 11 is 2.69. The van der Waals surface area contributed by atoms with E-state index in [2.05, 4.69) is 35.5 Å². The SMILES string of the molecule is [Se]=C1N=CC2=NC=NC2=N1. The minimum atomic E-state index is 0.605. The molecule has 2 rings (SSSR count). The zero-order valence-corrected chi connectivity index (χ0v) is 6.56. The molecule has 10 heavy (non-hydrogen) atoms. The van der Waals surface area contributed by atoms with Crippen molar-refractivity contribution in [3.63, 3.8) is 0 Å². The molecule has 0 aromatic carbocycles. The van der Waals surface area contributed by atoms with Crippen LogP contribution in [0.15, 0.2) is 20.0 Å². The van der Waals surface area contributed by atoms with Gasteiger partial charge >= 0.3 is 64.3 Å². The third kappa shape index (κ3) is 0.798. The fourth-order valence-corrected chi connectivity index (χ4v) is 0.975. The van der Waals surface area contributed by atoms with Crippen LogP contribution in [-0.2, 0) is 0 Å². The van der Waals surface area contributed by atoms with Crippen molar-refractivity contribution in [1.82, 2.24) is 0 Å². The molecule has 2 aliphatic heterocycles. The fraction of sp³-hybridized carbons (Fsp3) is 0. The van der Waals surface area contributed by atoms with Crippen molar-refractivity contribution in [2.75, 3.05) is 0 Å². The van der Waals surface area contributed by atoms with Crippen molar-refractivity contribution in [3.05, 3.63) is 0 Å². The van der Waals surface area contributed by atoms with E-state index in [9.17, 15) is 0 Å². The monoisotopic (exact) mass is 198 g/mol. The van der Waals surface area contributed by atoms with Crippen LogP contribution in [0.2, 0.25) is 0 Å². The summed E-state index contributed by atoms with van der Waals surface area (Å²) in [7, 11) is 0. The van der Waals surface area contributed by atoms with Crippen molar-refractivity contribution >= 4 is 44.3 Å². The van der Waals surface area contributed by atoms with Crippen LogP contribution in [0.4, 0.5) is 0 Å². The molecule has 0 unspecified atom stereocenters.